The van der Waals surface area contributed by atoms with Gasteiger partial charge in [-0.3, -0.25) is 14.4 Å². The van der Waals surface area contributed by atoms with Crippen LogP contribution < -0.4 is 59.8 Å². The Labute approximate surface area is 543 Å². The normalized spacial score (nSPS) is 11.1. The molecule has 21 nitrogen and oxygen atoms in total. The van der Waals surface area contributed by atoms with Gasteiger partial charge in [-0.15, -0.1) is 0 Å². The average molecular weight is 1380 g/mol. The molecule has 9 aromatic rings. The molecule has 0 saturated carbocycles. The maximum Gasteiger partial charge on any atom is 0.387 e. The molecule has 0 heterocycles. The van der Waals surface area contributed by atoms with Gasteiger partial charge in [-0.1, -0.05) is 102 Å². The molecule has 3 amide bonds. The monoisotopic (exact) mass is 1370 g/mol. The summed E-state index contributed by atoms with van der Waals surface area (Å²) in [5, 5.41) is 25.2. The highest BCUT2D eigenvalue weighted by atomic mass is 35.5. The van der Waals surface area contributed by atoms with Crippen LogP contribution in [0.25, 0.3) is 0 Å². The van der Waals surface area contributed by atoms with Crippen molar-refractivity contribution in [3.05, 3.63) is 232 Å². The number of anilines is 3. The van der Waals surface area contributed by atoms with Gasteiger partial charge in [0.05, 0.1) is 33.5 Å². The number of nitrogens with two attached hydrogens (primary N) is 3. The Hall–Kier alpha value is -9.35. The second-order valence-corrected chi connectivity index (χ2v) is 24.9. The van der Waals surface area contributed by atoms with Crippen LogP contribution >= 0.6 is 34.8 Å². The fraction of sp³-hybridized carbons (Fsp3) is 0.0952. The molecular weight excluding hydrogens is 1320 g/mol. The maximum atomic E-state index is 12.4. The van der Waals surface area contributed by atoms with E-state index in [1.165, 1.54) is 87.0 Å². The second kappa shape index (κ2) is 32.1. The molecule has 29 heteroatoms. The maximum absolute atomic E-state index is 12.4. The summed E-state index contributed by atoms with van der Waals surface area (Å²) >= 11 is 18.2. The van der Waals surface area contributed by atoms with Crippen LogP contribution in [0.1, 0.15) is 16.7 Å². The van der Waals surface area contributed by atoms with E-state index < -0.39 is 47.5 Å². The number of ether oxygens (including phenoxy) is 6. The quantitative estimate of drug-likeness (QED) is 0.0367. The number of carbonyl (C=O) groups is 3. The molecule has 9 N–H and O–H groups in total. The molecular formula is C63H55Cl3F2N6O15S3. The highest BCUT2D eigenvalue weighted by molar-refractivity contribution is 7.89. The molecule has 0 fully saturated rings. The van der Waals surface area contributed by atoms with Crippen LogP contribution in [0.2, 0.25) is 15.1 Å². The van der Waals surface area contributed by atoms with E-state index in [1.807, 2.05) is 0 Å². The third-order valence-corrected chi connectivity index (χ3v) is 16.2. The van der Waals surface area contributed by atoms with Gasteiger partial charge in [0.25, 0.3) is 0 Å². The number of hydrogen-bond donors (Lipinski definition) is 6. The van der Waals surface area contributed by atoms with Crippen molar-refractivity contribution in [1.82, 2.24) is 0 Å². The largest absolute Gasteiger partial charge is 0.497 e. The number of halogens is 5. The van der Waals surface area contributed by atoms with Gasteiger partial charge in [0, 0.05) is 44.3 Å². The van der Waals surface area contributed by atoms with Crippen molar-refractivity contribution in [2.45, 2.75) is 40.6 Å². The van der Waals surface area contributed by atoms with Crippen molar-refractivity contribution in [3.8, 4) is 51.7 Å². The van der Waals surface area contributed by atoms with E-state index in [0.29, 0.717) is 54.8 Å². The van der Waals surface area contributed by atoms with Crippen LogP contribution in [0.15, 0.2) is 215 Å². The van der Waals surface area contributed by atoms with E-state index in [9.17, 15) is 48.4 Å². The zero-order valence-electron chi connectivity index (χ0n) is 48.2. The highest BCUT2D eigenvalue weighted by Gasteiger charge is 2.22. The summed E-state index contributed by atoms with van der Waals surface area (Å²) in [6.45, 7) is -3.03. The fourth-order valence-electron chi connectivity index (χ4n) is 8.14. The Morgan fingerprint density at radius 2 is 0.696 bits per heavy atom. The zero-order valence-corrected chi connectivity index (χ0v) is 52.9. The van der Waals surface area contributed by atoms with Crippen LogP contribution in [-0.2, 0) is 63.7 Å². The Bertz CT molecular complexity index is 4480. The first-order valence-electron chi connectivity index (χ1n) is 26.6. The second-order valence-electron chi connectivity index (χ2n) is 19.1. The van der Waals surface area contributed by atoms with Crippen molar-refractivity contribution in [2.75, 3.05) is 30.2 Å². The minimum atomic E-state index is -4.26. The summed E-state index contributed by atoms with van der Waals surface area (Å²) in [7, 11) is -9.45. The molecule has 0 saturated heterocycles. The molecule has 0 spiro atoms. The number of primary sulfonamides is 3. The van der Waals surface area contributed by atoms with E-state index in [0.717, 1.165) is 6.07 Å². The molecule has 92 heavy (non-hydrogen) atoms. The number of hydrogen-bond acceptors (Lipinski definition) is 15. The summed E-state index contributed by atoms with van der Waals surface area (Å²) in [6, 6.07) is 51.5. The molecule has 0 aliphatic heterocycles. The third kappa shape index (κ3) is 21.4. The first-order valence-corrected chi connectivity index (χ1v) is 32.4. The molecule has 0 radical (unpaired) electrons. The summed E-state index contributed by atoms with van der Waals surface area (Å²) < 4.78 is 129. The fourth-order valence-corrected chi connectivity index (χ4v) is 10.8. The first kappa shape index (κ1) is 70.1. The SMILES string of the molecule is COc1ccc(Oc2ccc(NC(=O)Cc3ccccc3Cl)cc2S(N)(=O)=O)cc1.COc1cccc(Oc2ccc(NC(=O)Cc3ccccc3Cl)cc2S(N)(=O)=O)c1.NS(=O)(=O)c1cc(NC(=O)Cc2ccccc2Cl)ccc1Oc1cccc(OC(F)F)c1. The van der Waals surface area contributed by atoms with Crippen molar-refractivity contribution in [3.63, 3.8) is 0 Å². The van der Waals surface area contributed by atoms with E-state index in [-0.39, 0.29) is 86.7 Å². The van der Waals surface area contributed by atoms with E-state index in [2.05, 4.69) is 20.7 Å². The van der Waals surface area contributed by atoms with Gasteiger partial charge < -0.3 is 44.4 Å². The van der Waals surface area contributed by atoms with Crippen LogP contribution in [0.5, 0.6) is 51.7 Å². The summed E-state index contributed by atoms with van der Waals surface area (Å²) in [5.74, 6) is 0.583. The Morgan fingerprint density at radius 1 is 0.391 bits per heavy atom. The van der Waals surface area contributed by atoms with Crippen LogP contribution in [-0.4, -0.2) is 63.8 Å². The van der Waals surface area contributed by atoms with Crippen molar-refractivity contribution in [2.24, 2.45) is 15.4 Å². The lowest BCUT2D eigenvalue weighted by atomic mass is 10.1. The van der Waals surface area contributed by atoms with Crippen molar-refractivity contribution in [1.29, 1.82) is 0 Å². The predicted molar refractivity (Wildman–Crippen MR) is 344 cm³/mol. The molecule has 9 aromatic carbocycles. The van der Waals surface area contributed by atoms with Crippen molar-refractivity contribution < 1.29 is 76.8 Å². The first-order chi connectivity index (χ1) is 43.6. The molecule has 0 aliphatic rings. The molecule has 480 valence electrons. The lowest BCUT2D eigenvalue weighted by molar-refractivity contribution is -0.116. The number of amides is 3. The summed E-state index contributed by atoms with van der Waals surface area (Å²) in [5.41, 5.74) is 2.59. The average Bonchev–Trinajstić information content (AvgIpc) is 0.885. The highest BCUT2D eigenvalue weighted by Crippen LogP contribution is 2.36. The Balaban J connectivity index is 0.000000196. The van der Waals surface area contributed by atoms with Gasteiger partial charge in [0.2, 0.25) is 47.8 Å². The summed E-state index contributed by atoms with van der Waals surface area (Å²) in [6.07, 6.45) is 0.0421. The summed E-state index contributed by atoms with van der Waals surface area (Å²) in [4.78, 5) is 36.1. The van der Waals surface area contributed by atoms with Gasteiger partial charge in [-0.05, 0) is 138 Å². The van der Waals surface area contributed by atoms with Gasteiger partial charge in [-0.2, -0.15) is 8.78 Å². The lowest BCUT2D eigenvalue weighted by Gasteiger charge is -2.13. The molecule has 0 aromatic heterocycles. The van der Waals surface area contributed by atoms with E-state index in [4.69, 9.17) is 73.9 Å². The van der Waals surface area contributed by atoms with E-state index >= 15 is 0 Å². The van der Waals surface area contributed by atoms with Crippen LogP contribution in [0.4, 0.5) is 25.8 Å². The number of alkyl halides is 2. The zero-order chi connectivity index (χ0) is 66.8. The smallest absolute Gasteiger partial charge is 0.387 e. The molecule has 9 rings (SSSR count). The minimum Gasteiger partial charge on any atom is -0.497 e. The van der Waals surface area contributed by atoms with Gasteiger partial charge in [0.15, 0.2) is 0 Å². The van der Waals surface area contributed by atoms with E-state index in [1.54, 1.807) is 121 Å². The molecule has 0 unspecified atom stereocenters. The number of carbonyl (C=O) groups excluding carboxylic acids is 3. The number of benzene rings is 9. The standard InChI is InChI=1S/C21H17ClF2N2O5S.2C21H19ClN2O5S/c22-17-7-2-1-4-13(17)10-20(27)26-14-8-9-18(19(11-14)32(25,28)29)30-15-5-3-6-16(12-15)31-21(23)24;1-28-16-6-4-7-17(13-16)29-19-10-9-15(12-20(19)30(23,26)27)24-21(25)11-14-5-2-3-8-18(14)22;1-28-16-7-9-17(10-8-16)29-19-11-6-15(13-20(19)30(23,26)27)24-21(25)12-14-4-2-3-5-18(14)22/h1-9,11-12,21H,10H2,(H,26,27)(H2,25,28,29);2-10,12-13H,11H2,1H3,(H,24,25)(H2,23,26,27);2-11,13H,12H2,1H3,(H,24,25)(H2,23,26,27). The number of nitrogens with one attached hydrogen (secondary N) is 3. The van der Waals surface area contributed by atoms with Gasteiger partial charge in [-0.25, -0.2) is 40.7 Å². The van der Waals surface area contributed by atoms with Crippen LogP contribution in [0, 0.1) is 0 Å². The van der Waals surface area contributed by atoms with Gasteiger partial charge in [0.1, 0.15) is 66.4 Å². The van der Waals surface area contributed by atoms with Crippen molar-refractivity contribution >= 4 is 99.7 Å². The van der Waals surface area contributed by atoms with Crippen LogP contribution in [0.3, 0.4) is 0 Å². The topological polar surface area (TPSA) is 323 Å². The Kier molecular flexibility index (Phi) is 24.5. The number of rotatable bonds is 22. The predicted octanol–water partition coefficient (Wildman–Crippen LogP) is 12.5. The van der Waals surface area contributed by atoms with Gasteiger partial charge >= 0.3 is 6.61 Å². The number of sulfonamides is 3. The molecule has 0 aliphatic carbocycles. The number of methoxy groups -OCH3 is 2. The molecule has 0 atom stereocenters. The lowest BCUT2D eigenvalue weighted by Crippen LogP contribution is -2.17. The Morgan fingerprint density at radius 3 is 1.02 bits per heavy atom. The molecule has 0 bridgehead atoms. The minimum absolute atomic E-state index is 0.0230. The third-order valence-electron chi connectivity index (χ3n) is 12.3.